The standard InChI is InChI=1S/C17H14BrNO/c18-16-5-3-15-11-17(6-4-14(15)10-16)20-9-7-13-2-1-8-19-12-13/h1-6,8,10-12H,7,9H2. The molecule has 0 spiro atoms. The zero-order chi connectivity index (χ0) is 13.8. The number of fused-ring (bicyclic) bond motifs is 1. The van der Waals surface area contributed by atoms with Crippen molar-refractivity contribution in [1.82, 2.24) is 4.98 Å². The Morgan fingerprint density at radius 3 is 2.70 bits per heavy atom. The normalized spacial score (nSPS) is 10.7. The van der Waals surface area contributed by atoms with Crippen LogP contribution in [-0.4, -0.2) is 11.6 Å². The molecule has 2 nitrogen and oxygen atoms in total. The average Bonchev–Trinajstić information content (AvgIpc) is 2.48. The molecule has 1 heterocycles. The van der Waals surface area contributed by atoms with Gasteiger partial charge in [0.25, 0.3) is 0 Å². The van der Waals surface area contributed by atoms with Crippen LogP contribution in [0.4, 0.5) is 0 Å². The van der Waals surface area contributed by atoms with Crippen LogP contribution in [0.1, 0.15) is 5.56 Å². The zero-order valence-corrected chi connectivity index (χ0v) is 12.5. The van der Waals surface area contributed by atoms with Crippen LogP contribution in [0.5, 0.6) is 5.75 Å². The molecule has 0 bridgehead atoms. The van der Waals surface area contributed by atoms with Gasteiger partial charge in [0.1, 0.15) is 5.75 Å². The SMILES string of the molecule is Brc1ccc2cc(OCCc3cccnc3)ccc2c1. The summed E-state index contributed by atoms with van der Waals surface area (Å²) in [4.78, 5) is 4.10. The summed E-state index contributed by atoms with van der Waals surface area (Å²) in [5.41, 5.74) is 1.19. The number of aromatic nitrogens is 1. The summed E-state index contributed by atoms with van der Waals surface area (Å²) in [6, 6.07) is 16.4. The van der Waals surface area contributed by atoms with Gasteiger partial charge in [-0.1, -0.05) is 34.1 Å². The number of halogens is 1. The lowest BCUT2D eigenvalue weighted by molar-refractivity contribution is 0.322. The maximum atomic E-state index is 5.81. The van der Waals surface area contributed by atoms with Gasteiger partial charge in [-0.15, -0.1) is 0 Å². The summed E-state index contributed by atoms with van der Waals surface area (Å²) < 4.78 is 6.90. The Morgan fingerprint density at radius 2 is 1.85 bits per heavy atom. The lowest BCUT2D eigenvalue weighted by Gasteiger charge is -2.07. The van der Waals surface area contributed by atoms with Crippen molar-refractivity contribution in [2.24, 2.45) is 0 Å². The average molecular weight is 328 g/mol. The number of hydrogen-bond donors (Lipinski definition) is 0. The molecule has 3 aromatic rings. The van der Waals surface area contributed by atoms with E-state index in [1.807, 2.05) is 24.4 Å². The summed E-state index contributed by atoms with van der Waals surface area (Å²) in [6.07, 6.45) is 4.53. The van der Waals surface area contributed by atoms with E-state index in [1.54, 1.807) is 6.20 Å². The van der Waals surface area contributed by atoms with Gasteiger partial charge in [0.15, 0.2) is 0 Å². The topological polar surface area (TPSA) is 22.1 Å². The fourth-order valence-corrected chi connectivity index (χ4v) is 2.50. The molecule has 0 fully saturated rings. The smallest absolute Gasteiger partial charge is 0.119 e. The van der Waals surface area contributed by atoms with Crippen LogP contribution >= 0.6 is 15.9 Å². The van der Waals surface area contributed by atoms with Crippen molar-refractivity contribution in [2.75, 3.05) is 6.61 Å². The van der Waals surface area contributed by atoms with E-state index in [0.29, 0.717) is 6.61 Å². The van der Waals surface area contributed by atoms with E-state index < -0.39 is 0 Å². The van der Waals surface area contributed by atoms with E-state index in [9.17, 15) is 0 Å². The molecule has 0 atom stereocenters. The molecule has 0 N–H and O–H groups in total. The predicted molar refractivity (Wildman–Crippen MR) is 85.1 cm³/mol. The molecular weight excluding hydrogens is 314 g/mol. The molecule has 0 aliphatic heterocycles. The molecule has 1 aromatic heterocycles. The summed E-state index contributed by atoms with van der Waals surface area (Å²) in [6.45, 7) is 0.660. The second-order valence-corrected chi connectivity index (χ2v) is 5.53. The first-order valence-corrected chi connectivity index (χ1v) is 7.31. The van der Waals surface area contributed by atoms with Crippen LogP contribution in [-0.2, 0) is 6.42 Å². The molecule has 3 heteroatoms. The molecule has 0 saturated carbocycles. The Kier molecular flexibility index (Phi) is 3.97. The van der Waals surface area contributed by atoms with Crippen molar-refractivity contribution >= 4 is 26.7 Å². The molecule has 0 radical (unpaired) electrons. The zero-order valence-electron chi connectivity index (χ0n) is 10.9. The van der Waals surface area contributed by atoms with Crippen LogP contribution in [0, 0.1) is 0 Å². The Labute approximate surface area is 126 Å². The number of nitrogens with zero attached hydrogens (tertiary/aromatic N) is 1. The van der Waals surface area contributed by atoms with Crippen LogP contribution < -0.4 is 4.74 Å². The maximum absolute atomic E-state index is 5.81. The van der Waals surface area contributed by atoms with Gasteiger partial charge >= 0.3 is 0 Å². The van der Waals surface area contributed by atoms with E-state index in [4.69, 9.17) is 4.74 Å². The second-order valence-electron chi connectivity index (χ2n) is 4.61. The quantitative estimate of drug-likeness (QED) is 0.697. The van der Waals surface area contributed by atoms with Gasteiger partial charge in [0, 0.05) is 23.3 Å². The molecule has 2 aromatic carbocycles. The van der Waals surface area contributed by atoms with Gasteiger partial charge < -0.3 is 4.74 Å². The first-order valence-electron chi connectivity index (χ1n) is 6.52. The maximum Gasteiger partial charge on any atom is 0.119 e. The minimum absolute atomic E-state index is 0.660. The van der Waals surface area contributed by atoms with Crippen molar-refractivity contribution in [1.29, 1.82) is 0 Å². The van der Waals surface area contributed by atoms with Gasteiger partial charge in [0.05, 0.1) is 6.61 Å². The summed E-state index contributed by atoms with van der Waals surface area (Å²) >= 11 is 3.48. The van der Waals surface area contributed by atoms with Crippen LogP contribution in [0.3, 0.4) is 0 Å². The molecule has 0 unspecified atom stereocenters. The lowest BCUT2D eigenvalue weighted by atomic mass is 10.1. The van der Waals surface area contributed by atoms with Crippen molar-refractivity contribution in [3.63, 3.8) is 0 Å². The molecule has 0 saturated heterocycles. The van der Waals surface area contributed by atoms with Crippen molar-refractivity contribution in [2.45, 2.75) is 6.42 Å². The van der Waals surface area contributed by atoms with Gasteiger partial charge in [0.2, 0.25) is 0 Å². The third-order valence-electron chi connectivity index (χ3n) is 3.16. The highest BCUT2D eigenvalue weighted by Crippen LogP contribution is 2.24. The summed E-state index contributed by atoms with van der Waals surface area (Å²) in [7, 11) is 0. The van der Waals surface area contributed by atoms with Gasteiger partial charge in [-0.2, -0.15) is 0 Å². The minimum Gasteiger partial charge on any atom is -0.493 e. The molecule has 3 rings (SSSR count). The Hall–Kier alpha value is -1.87. The highest BCUT2D eigenvalue weighted by Gasteiger charge is 1.99. The van der Waals surface area contributed by atoms with E-state index in [-0.39, 0.29) is 0 Å². The third kappa shape index (κ3) is 3.17. The minimum atomic E-state index is 0.660. The van der Waals surface area contributed by atoms with Crippen LogP contribution in [0.25, 0.3) is 10.8 Å². The number of rotatable bonds is 4. The first-order chi connectivity index (χ1) is 9.81. The molecule has 20 heavy (non-hydrogen) atoms. The highest BCUT2D eigenvalue weighted by molar-refractivity contribution is 9.10. The fraction of sp³-hybridized carbons (Fsp3) is 0.118. The lowest BCUT2D eigenvalue weighted by Crippen LogP contribution is -2.01. The van der Waals surface area contributed by atoms with Crippen LogP contribution in [0.2, 0.25) is 0 Å². The Morgan fingerprint density at radius 1 is 1.00 bits per heavy atom. The van der Waals surface area contributed by atoms with Crippen molar-refractivity contribution in [3.05, 3.63) is 71.0 Å². The highest BCUT2D eigenvalue weighted by atomic mass is 79.9. The van der Waals surface area contributed by atoms with E-state index >= 15 is 0 Å². The van der Waals surface area contributed by atoms with E-state index in [0.717, 1.165) is 16.6 Å². The third-order valence-corrected chi connectivity index (χ3v) is 3.65. The van der Waals surface area contributed by atoms with Crippen molar-refractivity contribution in [3.8, 4) is 5.75 Å². The molecular formula is C17H14BrNO. The molecule has 0 aliphatic rings. The molecule has 0 aliphatic carbocycles. The van der Waals surface area contributed by atoms with Gasteiger partial charge in [-0.05, 0) is 46.7 Å². The first kappa shape index (κ1) is 13.1. The van der Waals surface area contributed by atoms with Gasteiger partial charge in [-0.25, -0.2) is 0 Å². The number of pyridine rings is 1. The number of benzene rings is 2. The second kappa shape index (κ2) is 6.06. The fourth-order valence-electron chi connectivity index (χ4n) is 2.12. The molecule has 100 valence electrons. The van der Waals surface area contributed by atoms with Crippen molar-refractivity contribution < 1.29 is 4.74 Å². The number of ether oxygens (including phenoxy) is 1. The Bertz CT molecular complexity index is 713. The molecule has 0 amide bonds. The monoisotopic (exact) mass is 327 g/mol. The van der Waals surface area contributed by atoms with E-state index in [1.165, 1.54) is 16.3 Å². The van der Waals surface area contributed by atoms with Gasteiger partial charge in [-0.3, -0.25) is 4.98 Å². The van der Waals surface area contributed by atoms with Crippen LogP contribution in [0.15, 0.2) is 65.4 Å². The summed E-state index contributed by atoms with van der Waals surface area (Å²) in [5.74, 6) is 0.906. The summed E-state index contributed by atoms with van der Waals surface area (Å²) in [5, 5.41) is 2.39. The number of hydrogen-bond acceptors (Lipinski definition) is 2. The largest absolute Gasteiger partial charge is 0.493 e. The predicted octanol–water partition coefficient (Wildman–Crippen LogP) is 4.62. The van der Waals surface area contributed by atoms with E-state index in [2.05, 4.69) is 51.2 Å². The Balaban J connectivity index is 1.67.